The first-order valence-electron chi connectivity index (χ1n) is 14.4. The van der Waals surface area contributed by atoms with Gasteiger partial charge in [-0.15, -0.1) is 0 Å². The van der Waals surface area contributed by atoms with Crippen LogP contribution in [0.1, 0.15) is 41.5 Å². The van der Waals surface area contributed by atoms with Gasteiger partial charge in [0.2, 0.25) is 12.4 Å². The quantitative estimate of drug-likeness (QED) is 0.127. The van der Waals surface area contributed by atoms with E-state index in [9.17, 15) is 38.9 Å². The summed E-state index contributed by atoms with van der Waals surface area (Å²) >= 11 is 0. The molecule has 9 atom stereocenters. The fraction of sp³-hybridized carbons (Fsp3) is 0.586. The lowest BCUT2D eigenvalue weighted by molar-refractivity contribution is -0.384. The van der Waals surface area contributed by atoms with Gasteiger partial charge in [0.1, 0.15) is 24.6 Å². The Balaban J connectivity index is 2.00. The average molecular weight is 686 g/mol. The topological polar surface area (TPSA) is 238 Å². The maximum absolute atomic E-state index is 12.3. The summed E-state index contributed by atoms with van der Waals surface area (Å²) in [5.74, 6) is -4.95. The monoisotopic (exact) mass is 685 g/mol. The van der Waals surface area contributed by atoms with Crippen LogP contribution in [0.25, 0.3) is 0 Å². The molecule has 2 aliphatic rings. The smallest absolute Gasteiger partial charge is 0.303 e. The zero-order chi connectivity index (χ0) is 35.7. The summed E-state index contributed by atoms with van der Waals surface area (Å²) in [4.78, 5) is 82.9. The molecule has 2 saturated heterocycles. The molecular formula is C29H35NO18. The van der Waals surface area contributed by atoms with Crippen molar-refractivity contribution in [3.8, 4) is 5.75 Å². The van der Waals surface area contributed by atoms with Crippen LogP contribution in [-0.4, -0.2) is 109 Å². The maximum atomic E-state index is 12.3. The number of non-ortho nitro benzene ring substituents is 1. The Hall–Kier alpha value is -4.88. The van der Waals surface area contributed by atoms with E-state index >= 15 is 0 Å². The molecule has 0 N–H and O–H groups in total. The number of esters is 6. The molecule has 0 unspecified atom stereocenters. The molecule has 0 saturated carbocycles. The zero-order valence-electron chi connectivity index (χ0n) is 26.7. The first-order chi connectivity index (χ1) is 22.5. The summed E-state index contributed by atoms with van der Waals surface area (Å²) in [6, 6.07) is 4.87. The highest BCUT2D eigenvalue weighted by molar-refractivity contribution is 5.69. The second kappa shape index (κ2) is 16.8. The molecule has 19 nitrogen and oxygen atoms in total. The molecule has 0 amide bonds. The summed E-state index contributed by atoms with van der Waals surface area (Å²) in [7, 11) is 0. The Kier molecular flexibility index (Phi) is 13.1. The van der Waals surface area contributed by atoms with Crippen LogP contribution < -0.4 is 4.74 Å². The van der Waals surface area contributed by atoms with Crippen molar-refractivity contribution in [2.75, 3.05) is 13.2 Å². The standard InChI is InChI=1S/C29H35NO18/c1-13(31)39-11-21-23(41-14(2)32)25(43-16(4)34)27(45-18(6)36)29(47-21)48-22-12-40-28(26(44-17(5)35)24(22)42-15(3)33)46-20-9-7-19(8-10-20)30(37)38/h7-10,21-29H,11-12H2,1-6H3/t21-,22-,23+,24+,25+,26-,27-,28+,29+/m1/s1. The third kappa shape index (κ3) is 10.6. The van der Waals surface area contributed by atoms with Crippen LogP contribution in [0.15, 0.2) is 24.3 Å². The number of carbonyl (C=O) groups excluding carboxylic acids is 6. The van der Waals surface area contributed by atoms with E-state index in [2.05, 4.69) is 0 Å². The number of nitro groups is 1. The number of hydrogen-bond donors (Lipinski definition) is 0. The van der Waals surface area contributed by atoms with Gasteiger partial charge in [0, 0.05) is 53.7 Å². The van der Waals surface area contributed by atoms with Crippen molar-refractivity contribution in [3.63, 3.8) is 0 Å². The second-order valence-corrected chi connectivity index (χ2v) is 10.5. The molecule has 2 fully saturated rings. The van der Waals surface area contributed by atoms with Gasteiger partial charge in [0.05, 0.1) is 11.5 Å². The number of carbonyl (C=O) groups is 6. The largest absolute Gasteiger partial charge is 0.463 e. The molecule has 1 aromatic carbocycles. The molecule has 19 heteroatoms. The number of rotatable bonds is 12. The minimum absolute atomic E-state index is 0.0725. The van der Waals surface area contributed by atoms with Crippen molar-refractivity contribution in [2.45, 2.75) is 96.9 Å². The SMILES string of the molecule is CC(=O)OC[C@H]1O[C@@H](O[C@@H]2CO[C@@H](Oc3ccc([N+](=O)[O-])cc3)[C@H](OC(C)=O)[C@H]2OC(C)=O)[C@H](OC(C)=O)[C@@H](OC(C)=O)[C@H]1OC(C)=O. The number of ether oxygens (including phenoxy) is 10. The van der Waals surface area contributed by atoms with E-state index in [1.165, 1.54) is 24.3 Å². The van der Waals surface area contributed by atoms with Crippen LogP contribution in [0.4, 0.5) is 5.69 Å². The van der Waals surface area contributed by atoms with Crippen molar-refractivity contribution in [1.29, 1.82) is 0 Å². The molecule has 2 aliphatic heterocycles. The highest BCUT2D eigenvalue weighted by atomic mass is 16.8. The molecular weight excluding hydrogens is 650 g/mol. The Labute approximate surface area is 273 Å². The van der Waals surface area contributed by atoms with E-state index < -0.39 is 109 Å². The molecule has 0 radical (unpaired) electrons. The second-order valence-electron chi connectivity index (χ2n) is 10.5. The minimum atomic E-state index is -1.69. The summed E-state index contributed by atoms with van der Waals surface area (Å²) in [6.45, 7) is 5.41. The fourth-order valence-corrected chi connectivity index (χ4v) is 4.86. The summed E-state index contributed by atoms with van der Waals surface area (Å²) in [6.07, 6.45) is -13.5. The van der Waals surface area contributed by atoms with Crippen molar-refractivity contribution in [1.82, 2.24) is 0 Å². The number of hydrogen-bond acceptors (Lipinski definition) is 18. The normalized spacial score (nSPS) is 28.2. The van der Waals surface area contributed by atoms with Crippen molar-refractivity contribution in [2.24, 2.45) is 0 Å². The predicted octanol–water partition coefficient (Wildman–Crippen LogP) is 0.662. The van der Waals surface area contributed by atoms with Crippen molar-refractivity contribution >= 4 is 41.5 Å². The van der Waals surface area contributed by atoms with Gasteiger partial charge in [-0.3, -0.25) is 38.9 Å². The van der Waals surface area contributed by atoms with Crippen LogP contribution in [-0.2, 0) is 71.4 Å². The van der Waals surface area contributed by atoms with Crippen LogP contribution >= 0.6 is 0 Å². The molecule has 264 valence electrons. The van der Waals surface area contributed by atoms with Crippen LogP contribution in [0.2, 0.25) is 0 Å². The van der Waals surface area contributed by atoms with Crippen LogP contribution in [0.5, 0.6) is 5.75 Å². The molecule has 3 rings (SSSR count). The van der Waals surface area contributed by atoms with Gasteiger partial charge >= 0.3 is 35.8 Å². The van der Waals surface area contributed by atoms with Crippen molar-refractivity contribution < 1.29 is 81.1 Å². The lowest BCUT2D eigenvalue weighted by atomic mass is 9.97. The highest BCUT2D eigenvalue weighted by Crippen LogP contribution is 2.34. The van der Waals surface area contributed by atoms with Gasteiger partial charge in [0.15, 0.2) is 30.7 Å². The molecule has 0 aromatic heterocycles. The summed E-state index contributed by atoms with van der Waals surface area (Å²) < 4.78 is 55.8. The van der Waals surface area contributed by atoms with E-state index in [1.54, 1.807) is 0 Å². The Bertz CT molecular complexity index is 1360. The van der Waals surface area contributed by atoms with Gasteiger partial charge in [-0.1, -0.05) is 0 Å². The maximum Gasteiger partial charge on any atom is 0.303 e. The van der Waals surface area contributed by atoms with E-state index in [-0.39, 0.29) is 11.4 Å². The lowest BCUT2D eigenvalue weighted by Gasteiger charge is -2.46. The van der Waals surface area contributed by atoms with Crippen molar-refractivity contribution in [3.05, 3.63) is 34.4 Å². The summed E-state index contributed by atoms with van der Waals surface area (Å²) in [5, 5.41) is 11.0. The van der Waals surface area contributed by atoms with Gasteiger partial charge in [0.25, 0.3) is 5.69 Å². The number of benzene rings is 1. The molecule has 1 aromatic rings. The molecule has 0 bridgehead atoms. The molecule has 48 heavy (non-hydrogen) atoms. The van der Waals surface area contributed by atoms with Crippen LogP contribution in [0.3, 0.4) is 0 Å². The fourth-order valence-electron chi connectivity index (χ4n) is 4.86. The minimum Gasteiger partial charge on any atom is -0.463 e. The van der Waals surface area contributed by atoms with E-state index in [4.69, 9.17) is 47.4 Å². The van der Waals surface area contributed by atoms with E-state index in [1.807, 2.05) is 0 Å². The number of nitrogens with zero attached hydrogens (tertiary/aromatic N) is 1. The highest BCUT2D eigenvalue weighted by Gasteiger charge is 2.55. The Morgan fingerprint density at radius 1 is 0.688 bits per heavy atom. The average Bonchev–Trinajstić information content (AvgIpc) is 2.97. The predicted molar refractivity (Wildman–Crippen MR) is 151 cm³/mol. The zero-order valence-corrected chi connectivity index (χ0v) is 26.7. The lowest BCUT2D eigenvalue weighted by Crippen LogP contribution is -2.65. The van der Waals surface area contributed by atoms with Gasteiger partial charge in [-0.05, 0) is 12.1 Å². The van der Waals surface area contributed by atoms with Crippen LogP contribution in [0, 0.1) is 10.1 Å². The van der Waals surface area contributed by atoms with E-state index in [0.717, 1.165) is 41.5 Å². The van der Waals surface area contributed by atoms with Gasteiger partial charge < -0.3 is 47.4 Å². The molecule has 2 heterocycles. The summed E-state index contributed by atoms with van der Waals surface area (Å²) in [5.41, 5.74) is -0.223. The third-order valence-corrected chi connectivity index (χ3v) is 6.54. The van der Waals surface area contributed by atoms with Gasteiger partial charge in [-0.2, -0.15) is 0 Å². The van der Waals surface area contributed by atoms with Gasteiger partial charge in [-0.25, -0.2) is 0 Å². The van der Waals surface area contributed by atoms with E-state index in [0.29, 0.717) is 0 Å². The molecule has 0 spiro atoms. The third-order valence-electron chi connectivity index (χ3n) is 6.54. The Morgan fingerprint density at radius 2 is 1.17 bits per heavy atom. The first kappa shape index (κ1) is 37.6. The first-order valence-corrected chi connectivity index (χ1v) is 14.4. The number of nitro benzene ring substituents is 1. The molecule has 0 aliphatic carbocycles. The Morgan fingerprint density at radius 3 is 1.67 bits per heavy atom.